The highest BCUT2D eigenvalue weighted by atomic mass is 79.9. The molecule has 1 aromatic carbocycles. The summed E-state index contributed by atoms with van der Waals surface area (Å²) in [6, 6.07) is 5.62. The molecule has 1 unspecified atom stereocenters. The number of ether oxygens (including phenoxy) is 1. The fourth-order valence-corrected chi connectivity index (χ4v) is 5.16. The number of nitrogens with zero attached hydrogens (tertiary/aromatic N) is 3. The topological polar surface area (TPSA) is 74.8 Å². The molecule has 2 aliphatic heterocycles. The molecule has 7 nitrogen and oxygen atoms in total. The standard InChI is InChI=1S/C20H22BrClN4O3S/c1-19(2,3)29-18(28)25-7-6-20(10-25)11-26(14-5-4-12(21)8-13(14)20)17(27)24-16-23-9-15(22)30-16/h4-5,8-9H,6-7,10-11H2,1-3H3,(H,23,24,27). The minimum Gasteiger partial charge on any atom is -0.444 e. The maximum atomic E-state index is 13.0. The van der Waals surface area contributed by atoms with Gasteiger partial charge in [-0.05, 0) is 51.0 Å². The lowest BCUT2D eigenvalue weighted by molar-refractivity contribution is 0.0285. The number of thiazole rings is 1. The Kier molecular flexibility index (Phi) is 5.48. The monoisotopic (exact) mass is 512 g/mol. The Bertz CT molecular complexity index is 1010. The molecule has 1 spiro atoms. The Hall–Kier alpha value is -1.84. The summed E-state index contributed by atoms with van der Waals surface area (Å²) in [5.41, 5.74) is 0.998. The van der Waals surface area contributed by atoms with Crippen LogP contribution in [0.5, 0.6) is 0 Å². The van der Waals surface area contributed by atoms with Gasteiger partial charge in [-0.2, -0.15) is 0 Å². The molecule has 10 heteroatoms. The number of aromatic nitrogens is 1. The zero-order chi connectivity index (χ0) is 21.7. The van der Waals surface area contributed by atoms with Crippen LogP contribution in [0.15, 0.2) is 28.9 Å². The molecule has 2 aliphatic rings. The Morgan fingerprint density at radius 1 is 1.33 bits per heavy atom. The zero-order valence-corrected chi connectivity index (χ0v) is 20.0. The number of nitrogens with one attached hydrogen (secondary N) is 1. The van der Waals surface area contributed by atoms with Crippen molar-refractivity contribution in [3.63, 3.8) is 0 Å². The summed E-state index contributed by atoms with van der Waals surface area (Å²) in [4.78, 5) is 33.2. The first kappa shape index (κ1) is 21.4. The number of fused-ring (bicyclic) bond motifs is 2. The molecule has 30 heavy (non-hydrogen) atoms. The Morgan fingerprint density at radius 3 is 2.77 bits per heavy atom. The minimum atomic E-state index is -0.551. The van der Waals surface area contributed by atoms with E-state index in [0.29, 0.717) is 29.1 Å². The molecule has 3 amide bonds. The molecule has 1 N–H and O–H groups in total. The molecule has 160 valence electrons. The number of urea groups is 1. The van der Waals surface area contributed by atoms with Crippen molar-refractivity contribution in [2.75, 3.05) is 29.9 Å². The van der Waals surface area contributed by atoms with E-state index in [0.717, 1.165) is 22.1 Å². The van der Waals surface area contributed by atoms with Gasteiger partial charge >= 0.3 is 12.1 Å². The Labute approximate surface area is 192 Å². The molecule has 0 radical (unpaired) electrons. The highest BCUT2D eigenvalue weighted by Crippen LogP contribution is 2.47. The number of carbonyl (C=O) groups is 2. The van der Waals surface area contributed by atoms with Crippen LogP contribution in [0, 0.1) is 0 Å². The SMILES string of the molecule is CC(C)(C)OC(=O)N1CCC2(C1)CN(C(=O)Nc1ncc(Cl)s1)c1ccc(Br)cc12. The highest BCUT2D eigenvalue weighted by molar-refractivity contribution is 9.10. The van der Waals surface area contributed by atoms with Crippen molar-refractivity contribution < 1.29 is 14.3 Å². The number of likely N-dealkylation sites (tertiary alicyclic amines) is 1. The Morgan fingerprint density at radius 2 is 2.10 bits per heavy atom. The smallest absolute Gasteiger partial charge is 0.410 e. The van der Waals surface area contributed by atoms with Crippen LogP contribution >= 0.6 is 38.9 Å². The van der Waals surface area contributed by atoms with E-state index in [9.17, 15) is 9.59 Å². The van der Waals surface area contributed by atoms with Gasteiger partial charge in [0.15, 0.2) is 5.13 Å². The van der Waals surface area contributed by atoms with E-state index < -0.39 is 5.60 Å². The largest absolute Gasteiger partial charge is 0.444 e. The molecule has 0 saturated carbocycles. The highest BCUT2D eigenvalue weighted by Gasteiger charge is 2.50. The second-order valence-corrected chi connectivity index (χ2v) is 11.2. The molecule has 0 aliphatic carbocycles. The van der Waals surface area contributed by atoms with Gasteiger partial charge < -0.3 is 9.64 Å². The lowest BCUT2D eigenvalue weighted by Gasteiger charge is -2.27. The van der Waals surface area contributed by atoms with E-state index in [1.807, 2.05) is 39.0 Å². The number of rotatable bonds is 1. The van der Waals surface area contributed by atoms with Crippen molar-refractivity contribution in [3.05, 3.63) is 38.8 Å². The van der Waals surface area contributed by atoms with Crippen LogP contribution in [0.1, 0.15) is 32.8 Å². The predicted molar refractivity (Wildman–Crippen MR) is 122 cm³/mol. The quantitative estimate of drug-likeness (QED) is 0.547. The van der Waals surface area contributed by atoms with Crippen LogP contribution in [0.3, 0.4) is 0 Å². The normalized spacial score (nSPS) is 20.6. The average Bonchev–Trinajstić information content (AvgIpc) is 3.33. The third-order valence-corrected chi connectivity index (χ3v) is 6.75. The van der Waals surface area contributed by atoms with Crippen LogP contribution in [-0.2, 0) is 10.2 Å². The lowest BCUT2D eigenvalue weighted by Crippen LogP contribution is -2.42. The number of benzene rings is 1. The van der Waals surface area contributed by atoms with Gasteiger partial charge in [0.2, 0.25) is 0 Å². The van der Waals surface area contributed by atoms with Gasteiger partial charge in [0.25, 0.3) is 0 Å². The van der Waals surface area contributed by atoms with E-state index in [2.05, 4.69) is 26.2 Å². The van der Waals surface area contributed by atoms with Gasteiger partial charge in [-0.25, -0.2) is 14.6 Å². The summed E-state index contributed by atoms with van der Waals surface area (Å²) in [5, 5.41) is 3.27. The number of hydrogen-bond acceptors (Lipinski definition) is 5. The maximum Gasteiger partial charge on any atom is 0.410 e. The average molecular weight is 514 g/mol. The van der Waals surface area contributed by atoms with Crippen molar-refractivity contribution in [1.29, 1.82) is 0 Å². The zero-order valence-electron chi connectivity index (χ0n) is 16.9. The van der Waals surface area contributed by atoms with Crippen molar-refractivity contribution in [3.8, 4) is 0 Å². The molecular weight excluding hydrogens is 492 g/mol. The fourth-order valence-electron chi connectivity index (χ4n) is 4.00. The summed E-state index contributed by atoms with van der Waals surface area (Å²) in [6.45, 7) is 7.13. The third-order valence-electron chi connectivity index (χ3n) is 5.22. The fraction of sp³-hybridized carbons (Fsp3) is 0.450. The van der Waals surface area contributed by atoms with E-state index in [1.165, 1.54) is 17.5 Å². The van der Waals surface area contributed by atoms with Crippen LogP contribution < -0.4 is 10.2 Å². The third kappa shape index (κ3) is 4.15. The van der Waals surface area contributed by atoms with Crippen LogP contribution in [0.4, 0.5) is 20.4 Å². The molecule has 2 aromatic rings. The van der Waals surface area contributed by atoms with Gasteiger partial charge in [0, 0.05) is 35.2 Å². The summed E-state index contributed by atoms with van der Waals surface area (Å²) >= 11 is 10.7. The molecule has 3 heterocycles. The van der Waals surface area contributed by atoms with E-state index in [4.69, 9.17) is 16.3 Å². The second-order valence-electron chi connectivity index (χ2n) is 8.58. The first-order valence-corrected chi connectivity index (χ1v) is 11.5. The predicted octanol–water partition coefficient (Wildman–Crippen LogP) is 5.49. The van der Waals surface area contributed by atoms with Crippen molar-refractivity contribution in [2.24, 2.45) is 0 Å². The summed E-state index contributed by atoms with van der Waals surface area (Å²) in [5.74, 6) is 0. The van der Waals surface area contributed by atoms with Crippen LogP contribution in [0.2, 0.25) is 4.34 Å². The molecule has 1 atom stereocenters. The van der Waals surface area contributed by atoms with E-state index >= 15 is 0 Å². The second kappa shape index (κ2) is 7.69. The molecule has 0 bridgehead atoms. The van der Waals surface area contributed by atoms with Gasteiger partial charge in [-0.3, -0.25) is 10.2 Å². The van der Waals surface area contributed by atoms with Gasteiger partial charge in [-0.15, -0.1) is 0 Å². The number of halogens is 2. The number of carbonyl (C=O) groups excluding carboxylic acids is 2. The molecule has 1 saturated heterocycles. The van der Waals surface area contributed by atoms with Crippen LogP contribution in [0.25, 0.3) is 0 Å². The van der Waals surface area contributed by atoms with E-state index in [-0.39, 0.29) is 17.5 Å². The first-order valence-electron chi connectivity index (χ1n) is 9.54. The van der Waals surface area contributed by atoms with Crippen molar-refractivity contribution in [1.82, 2.24) is 9.88 Å². The van der Waals surface area contributed by atoms with Gasteiger partial charge in [-0.1, -0.05) is 38.9 Å². The summed E-state index contributed by atoms with van der Waals surface area (Å²) < 4.78 is 7.00. The van der Waals surface area contributed by atoms with Crippen molar-refractivity contribution in [2.45, 2.75) is 38.2 Å². The van der Waals surface area contributed by atoms with E-state index in [1.54, 1.807) is 9.80 Å². The first-order chi connectivity index (χ1) is 14.1. The summed E-state index contributed by atoms with van der Waals surface area (Å²) in [7, 11) is 0. The maximum absolute atomic E-state index is 13.0. The molecular formula is C20H22BrClN4O3S. The summed E-state index contributed by atoms with van der Waals surface area (Å²) in [6.07, 6.45) is 1.94. The number of anilines is 2. The number of hydrogen-bond donors (Lipinski definition) is 1. The molecule has 1 fully saturated rings. The Balaban J connectivity index is 1.59. The number of amides is 3. The lowest BCUT2D eigenvalue weighted by atomic mass is 9.82. The van der Waals surface area contributed by atoms with Gasteiger partial charge in [0.1, 0.15) is 9.94 Å². The van der Waals surface area contributed by atoms with Gasteiger partial charge in [0.05, 0.1) is 6.20 Å². The molecule has 4 rings (SSSR count). The minimum absolute atomic E-state index is 0.266. The van der Waals surface area contributed by atoms with Crippen LogP contribution in [-0.4, -0.2) is 47.2 Å². The molecule has 1 aromatic heterocycles. The van der Waals surface area contributed by atoms with Crippen molar-refractivity contribution >= 4 is 61.8 Å².